The molecule has 0 amide bonds. The molecule has 1 unspecified atom stereocenters. The number of carbonyl (C=O) groups is 1. The summed E-state index contributed by atoms with van der Waals surface area (Å²) in [6.45, 7) is 0.981. The molecule has 0 radical (unpaired) electrons. The van der Waals surface area contributed by atoms with Crippen molar-refractivity contribution in [2.24, 2.45) is 0 Å². The van der Waals surface area contributed by atoms with Gasteiger partial charge in [0.25, 0.3) is 10.0 Å². The van der Waals surface area contributed by atoms with Gasteiger partial charge in [0.2, 0.25) is 0 Å². The Morgan fingerprint density at radius 1 is 1.07 bits per heavy atom. The summed E-state index contributed by atoms with van der Waals surface area (Å²) in [7, 11) is -4.75. The van der Waals surface area contributed by atoms with Crippen molar-refractivity contribution in [3.05, 3.63) is 57.0 Å². The van der Waals surface area contributed by atoms with Crippen molar-refractivity contribution < 1.29 is 31.5 Å². The van der Waals surface area contributed by atoms with Gasteiger partial charge in [-0.2, -0.15) is 13.2 Å². The van der Waals surface area contributed by atoms with Crippen molar-refractivity contribution in [1.82, 2.24) is 0 Å². The van der Waals surface area contributed by atoms with Crippen molar-refractivity contribution in [2.75, 3.05) is 4.31 Å². The highest BCUT2D eigenvalue weighted by Gasteiger charge is 2.38. The number of alkyl halides is 3. The van der Waals surface area contributed by atoms with E-state index in [0.717, 1.165) is 25.1 Å². The Kier molecular flexibility index (Phi) is 6.44. The lowest BCUT2D eigenvalue weighted by atomic mass is 10.2. The van der Waals surface area contributed by atoms with E-state index < -0.39 is 49.4 Å². The lowest BCUT2D eigenvalue weighted by Crippen LogP contribution is -2.43. The third-order valence-corrected chi connectivity index (χ3v) is 6.57. The average Bonchev–Trinajstić information content (AvgIpc) is 2.57. The van der Waals surface area contributed by atoms with Gasteiger partial charge in [0, 0.05) is 5.02 Å². The minimum absolute atomic E-state index is 0.0268. The summed E-state index contributed by atoms with van der Waals surface area (Å²) in [4.78, 5) is 10.9. The number of hydrogen-bond acceptors (Lipinski definition) is 3. The Labute approximate surface area is 173 Å². The molecule has 2 aromatic carbocycles. The molecule has 0 heterocycles. The molecule has 12 heteroatoms. The second-order valence-corrected chi connectivity index (χ2v) is 8.59. The van der Waals surface area contributed by atoms with Crippen LogP contribution in [0, 0.1) is 0 Å². The molecule has 1 N–H and O–H groups in total. The number of halogens is 6. The van der Waals surface area contributed by atoms with Gasteiger partial charge in [-0.25, -0.2) is 13.2 Å². The van der Waals surface area contributed by atoms with Crippen LogP contribution in [0.5, 0.6) is 0 Å². The summed E-state index contributed by atoms with van der Waals surface area (Å²) in [5.74, 6) is -1.62. The highest BCUT2D eigenvalue weighted by molar-refractivity contribution is 7.93. The van der Waals surface area contributed by atoms with Crippen LogP contribution in [0.3, 0.4) is 0 Å². The fourth-order valence-corrected chi connectivity index (χ4v) is 4.91. The van der Waals surface area contributed by atoms with Crippen LogP contribution in [-0.2, 0) is 21.0 Å². The highest BCUT2D eigenvalue weighted by atomic mass is 35.5. The maximum Gasteiger partial charge on any atom is 0.416 e. The molecule has 0 aromatic heterocycles. The normalized spacial score (nSPS) is 13.2. The lowest BCUT2D eigenvalue weighted by molar-refractivity contribution is -0.138. The maximum atomic E-state index is 13.1. The van der Waals surface area contributed by atoms with Crippen molar-refractivity contribution in [1.29, 1.82) is 0 Å². The molecule has 2 rings (SSSR count). The van der Waals surface area contributed by atoms with Crippen LogP contribution in [0.4, 0.5) is 18.9 Å². The predicted octanol–water partition coefficient (Wildman–Crippen LogP) is 5.33. The first kappa shape index (κ1) is 22.6. The van der Waals surface area contributed by atoms with Gasteiger partial charge in [-0.3, -0.25) is 4.31 Å². The number of rotatable bonds is 5. The van der Waals surface area contributed by atoms with Gasteiger partial charge < -0.3 is 5.11 Å². The Morgan fingerprint density at radius 3 is 2.18 bits per heavy atom. The summed E-state index contributed by atoms with van der Waals surface area (Å²) >= 11 is 17.6. The summed E-state index contributed by atoms with van der Waals surface area (Å²) in [5.41, 5.74) is -1.87. The molecule has 0 spiro atoms. The Bertz CT molecular complexity index is 1030. The molecule has 2 aromatic rings. The van der Waals surface area contributed by atoms with E-state index >= 15 is 0 Å². The largest absolute Gasteiger partial charge is 0.480 e. The molecule has 1 atom stereocenters. The number of carboxylic acids is 1. The SMILES string of the molecule is CC(C(=O)O)N(c1cc(C(F)(F)F)ccc1Cl)S(=O)(=O)c1cc(Cl)ccc1Cl. The monoisotopic (exact) mass is 475 g/mol. The third-order valence-electron chi connectivity index (χ3n) is 3.65. The van der Waals surface area contributed by atoms with E-state index in [-0.39, 0.29) is 14.4 Å². The number of carboxylic acid groups (broad SMARTS) is 1. The number of nitrogens with zero attached hydrogens (tertiary/aromatic N) is 1. The average molecular weight is 477 g/mol. The predicted molar refractivity (Wildman–Crippen MR) is 99.7 cm³/mol. The van der Waals surface area contributed by atoms with Crippen molar-refractivity contribution in [3.63, 3.8) is 0 Å². The summed E-state index contributed by atoms with van der Waals surface area (Å²) < 4.78 is 65.8. The van der Waals surface area contributed by atoms with E-state index in [1.165, 1.54) is 6.07 Å². The Balaban J connectivity index is 2.81. The first-order chi connectivity index (χ1) is 12.8. The minimum Gasteiger partial charge on any atom is -0.480 e. The van der Waals surface area contributed by atoms with Crippen LogP contribution in [0.15, 0.2) is 41.3 Å². The van der Waals surface area contributed by atoms with E-state index in [1.807, 2.05) is 0 Å². The van der Waals surface area contributed by atoms with E-state index in [9.17, 15) is 31.5 Å². The van der Waals surface area contributed by atoms with Gasteiger partial charge in [-0.15, -0.1) is 0 Å². The van der Waals surface area contributed by atoms with Crippen LogP contribution in [0.1, 0.15) is 12.5 Å². The summed E-state index contributed by atoms with van der Waals surface area (Å²) in [6, 6.07) is 3.55. The highest BCUT2D eigenvalue weighted by Crippen LogP contribution is 2.39. The first-order valence-corrected chi connectivity index (χ1v) is 9.93. The molecule has 0 saturated heterocycles. The Hall–Kier alpha value is -1.68. The van der Waals surface area contributed by atoms with E-state index in [0.29, 0.717) is 12.1 Å². The molecule has 152 valence electrons. The third kappa shape index (κ3) is 4.48. The maximum absolute atomic E-state index is 13.1. The van der Waals surface area contributed by atoms with Gasteiger partial charge in [0.1, 0.15) is 10.9 Å². The standard InChI is InChI=1S/C16H11Cl3F3NO4S/c1-8(15(24)25)23(13-6-9(16(20,21)22)2-4-11(13)18)28(26,27)14-7-10(17)3-5-12(14)19/h2-8H,1H3,(H,24,25). The fourth-order valence-electron chi connectivity index (χ4n) is 2.29. The second kappa shape index (κ2) is 7.98. The fraction of sp³-hybridized carbons (Fsp3) is 0.188. The van der Waals surface area contributed by atoms with Gasteiger partial charge in [0.15, 0.2) is 0 Å². The van der Waals surface area contributed by atoms with Crippen molar-refractivity contribution >= 4 is 56.5 Å². The zero-order chi connectivity index (χ0) is 21.4. The van der Waals surface area contributed by atoms with E-state index in [2.05, 4.69) is 0 Å². The molecule has 0 aliphatic rings. The van der Waals surface area contributed by atoms with Gasteiger partial charge in [-0.1, -0.05) is 34.8 Å². The molecule has 0 bridgehead atoms. The molecule has 0 aliphatic carbocycles. The lowest BCUT2D eigenvalue weighted by Gasteiger charge is -2.29. The van der Waals surface area contributed by atoms with Crippen molar-refractivity contribution in [2.45, 2.75) is 24.0 Å². The second-order valence-electron chi connectivity index (χ2n) is 5.55. The zero-order valence-electron chi connectivity index (χ0n) is 13.8. The van der Waals surface area contributed by atoms with Crippen LogP contribution in [0.2, 0.25) is 15.1 Å². The van der Waals surface area contributed by atoms with E-state index in [4.69, 9.17) is 34.8 Å². The smallest absolute Gasteiger partial charge is 0.416 e. The molecular formula is C16H11Cl3F3NO4S. The number of anilines is 1. The van der Waals surface area contributed by atoms with Gasteiger partial charge >= 0.3 is 12.1 Å². The number of sulfonamides is 1. The zero-order valence-corrected chi connectivity index (χ0v) is 16.9. The number of benzene rings is 2. The van der Waals surface area contributed by atoms with Crippen LogP contribution < -0.4 is 4.31 Å². The van der Waals surface area contributed by atoms with Gasteiger partial charge in [-0.05, 0) is 43.3 Å². The summed E-state index contributed by atoms with van der Waals surface area (Å²) in [5, 5.41) is 8.61. The number of hydrogen-bond donors (Lipinski definition) is 1. The van der Waals surface area contributed by atoms with Crippen molar-refractivity contribution in [3.8, 4) is 0 Å². The first-order valence-electron chi connectivity index (χ1n) is 7.36. The van der Waals surface area contributed by atoms with Crippen LogP contribution >= 0.6 is 34.8 Å². The molecular weight excluding hydrogens is 466 g/mol. The van der Waals surface area contributed by atoms with Crippen LogP contribution in [-0.4, -0.2) is 25.5 Å². The molecule has 0 saturated carbocycles. The molecule has 0 fully saturated rings. The number of aliphatic carboxylic acids is 1. The van der Waals surface area contributed by atoms with Gasteiger partial charge in [0.05, 0.1) is 21.3 Å². The summed E-state index contributed by atoms with van der Waals surface area (Å²) in [6.07, 6.45) is -4.81. The minimum atomic E-state index is -4.81. The quantitative estimate of drug-likeness (QED) is 0.633. The van der Waals surface area contributed by atoms with E-state index in [1.54, 1.807) is 0 Å². The Morgan fingerprint density at radius 2 is 1.64 bits per heavy atom. The van der Waals surface area contributed by atoms with Crippen LogP contribution in [0.25, 0.3) is 0 Å². The topological polar surface area (TPSA) is 74.7 Å². The molecule has 28 heavy (non-hydrogen) atoms. The molecule has 5 nitrogen and oxygen atoms in total. The molecule has 0 aliphatic heterocycles.